The van der Waals surface area contributed by atoms with Crippen LogP contribution >= 0.6 is 0 Å². The summed E-state index contributed by atoms with van der Waals surface area (Å²) in [6.07, 6.45) is 3.05. The van der Waals surface area contributed by atoms with Crippen molar-refractivity contribution in [1.29, 1.82) is 0 Å². The number of nitrogens with one attached hydrogen (secondary N) is 1. The second-order valence-electron chi connectivity index (χ2n) is 7.36. The van der Waals surface area contributed by atoms with Gasteiger partial charge >= 0.3 is 0 Å². The molecule has 3 rings (SSSR count). The maximum Gasteiger partial charge on any atom is 0.241 e. The summed E-state index contributed by atoms with van der Waals surface area (Å²) >= 11 is 0. The molecule has 4 atom stereocenters. The number of nitrogens with two attached hydrogens (primary N) is 1. The highest BCUT2D eigenvalue weighted by Crippen LogP contribution is 2.58. The molecule has 3 N–H and O–H groups in total. The second kappa shape index (κ2) is 4.42. The minimum atomic E-state index is -0.816. The van der Waals surface area contributed by atoms with Gasteiger partial charge in [-0.3, -0.25) is 4.79 Å². The highest BCUT2D eigenvalue weighted by molar-refractivity contribution is 5.89. The van der Waals surface area contributed by atoms with E-state index in [1.807, 2.05) is 13.8 Å². The van der Waals surface area contributed by atoms with Crippen LogP contribution in [0.2, 0.25) is 0 Å². The molecular weight excluding hydrogens is 256 g/mol. The number of rotatable bonds is 3. The smallest absolute Gasteiger partial charge is 0.241 e. The fraction of sp³-hybridized carbons (Fsp3) is 0.933. The molecule has 3 fully saturated rings. The Morgan fingerprint density at radius 2 is 2.10 bits per heavy atom. The van der Waals surface area contributed by atoms with Crippen LogP contribution in [0, 0.1) is 11.3 Å². The SMILES string of the molecule is CC1(CNC(=O)C2(N)C3CCOC3C2(C)C)CCCO1. The Morgan fingerprint density at radius 3 is 2.75 bits per heavy atom. The summed E-state index contributed by atoms with van der Waals surface area (Å²) in [7, 11) is 0. The van der Waals surface area contributed by atoms with E-state index in [-0.39, 0.29) is 28.9 Å². The highest BCUT2D eigenvalue weighted by Gasteiger charge is 2.71. The molecule has 0 aromatic rings. The van der Waals surface area contributed by atoms with Gasteiger partial charge in [-0.25, -0.2) is 0 Å². The zero-order valence-corrected chi connectivity index (χ0v) is 12.7. The fourth-order valence-electron chi connectivity index (χ4n) is 4.24. The van der Waals surface area contributed by atoms with E-state index in [0.717, 1.165) is 25.9 Å². The number of ether oxygens (including phenoxy) is 2. The van der Waals surface area contributed by atoms with Crippen LogP contribution in [0.25, 0.3) is 0 Å². The number of hydrogen-bond acceptors (Lipinski definition) is 4. The van der Waals surface area contributed by atoms with Gasteiger partial charge in [0.1, 0.15) is 5.54 Å². The largest absolute Gasteiger partial charge is 0.377 e. The minimum Gasteiger partial charge on any atom is -0.377 e. The van der Waals surface area contributed by atoms with Crippen molar-refractivity contribution in [3.8, 4) is 0 Å². The lowest BCUT2D eigenvalue weighted by Gasteiger charge is -2.60. The quantitative estimate of drug-likeness (QED) is 0.803. The zero-order valence-electron chi connectivity index (χ0n) is 12.7. The summed E-state index contributed by atoms with van der Waals surface area (Å²) in [5, 5.41) is 3.03. The van der Waals surface area contributed by atoms with Gasteiger partial charge < -0.3 is 20.5 Å². The number of amides is 1. The average molecular weight is 282 g/mol. The van der Waals surface area contributed by atoms with Gasteiger partial charge in [-0.2, -0.15) is 0 Å². The number of carbonyl (C=O) groups excluding carboxylic acids is 1. The van der Waals surface area contributed by atoms with E-state index in [1.54, 1.807) is 0 Å². The third-order valence-corrected chi connectivity index (χ3v) is 5.75. The summed E-state index contributed by atoms with van der Waals surface area (Å²) in [5.41, 5.74) is 5.15. The molecule has 5 heteroatoms. The van der Waals surface area contributed by atoms with E-state index in [1.165, 1.54) is 0 Å². The van der Waals surface area contributed by atoms with E-state index >= 15 is 0 Å². The van der Waals surface area contributed by atoms with Gasteiger partial charge in [-0.15, -0.1) is 0 Å². The molecule has 2 saturated heterocycles. The molecule has 2 heterocycles. The first-order chi connectivity index (χ1) is 9.31. The number of carbonyl (C=O) groups is 1. The lowest BCUT2D eigenvalue weighted by atomic mass is 9.48. The lowest BCUT2D eigenvalue weighted by Crippen LogP contribution is -2.80. The minimum absolute atomic E-state index is 0.0500. The van der Waals surface area contributed by atoms with Crippen molar-refractivity contribution in [3.05, 3.63) is 0 Å². The van der Waals surface area contributed by atoms with Gasteiger partial charge in [0.05, 0.1) is 11.7 Å². The van der Waals surface area contributed by atoms with E-state index in [9.17, 15) is 4.79 Å². The van der Waals surface area contributed by atoms with Crippen molar-refractivity contribution in [2.24, 2.45) is 17.1 Å². The van der Waals surface area contributed by atoms with Crippen LogP contribution in [-0.2, 0) is 14.3 Å². The van der Waals surface area contributed by atoms with E-state index in [2.05, 4.69) is 12.2 Å². The van der Waals surface area contributed by atoms with E-state index < -0.39 is 5.54 Å². The maximum atomic E-state index is 12.7. The molecule has 0 aromatic carbocycles. The number of fused-ring (bicyclic) bond motifs is 1. The van der Waals surface area contributed by atoms with Crippen molar-refractivity contribution in [2.45, 2.75) is 57.3 Å². The molecule has 0 spiro atoms. The molecule has 5 nitrogen and oxygen atoms in total. The third-order valence-electron chi connectivity index (χ3n) is 5.75. The van der Waals surface area contributed by atoms with Gasteiger partial charge in [0.2, 0.25) is 5.91 Å². The molecular formula is C15H26N2O3. The Balaban J connectivity index is 1.67. The van der Waals surface area contributed by atoms with Crippen molar-refractivity contribution >= 4 is 5.91 Å². The number of hydrogen-bond donors (Lipinski definition) is 2. The average Bonchev–Trinajstić information content (AvgIpc) is 3.03. The van der Waals surface area contributed by atoms with Crippen LogP contribution in [0.5, 0.6) is 0 Å². The molecule has 0 aromatic heterocycles. The Bertz CT molecular complexity index is 417. The maximum absolute atomic E-state index is 12.7. The van der Waals surface area contributed by atoms with Gasteiger partial charge in [-0.1, -0.05) is 13.8 Å². The normalized spacial score (nSPS) is 45.8. The molecule has 114 valence electrons. The lowest BCUT2D eigenvalue weighted by molar-refractivity contribution is -0.176. The Labute approximate surface area is 120 Å². The van der Waals surface area contributed by atoms with Crippen LogP contribution in [0.3, 0.4) is 0 Å². The first kappa shape index (κ1) is 14.3. The first-order valence-electron chi connectivity index (χ1n) is 7.64. The molecule has 20 heavy (non-hydrogen) atoms. The monoisotopic (exact) mass is 282 g/mol. The Hall–Kier alpha value is -0.650. The zero-order chi connectivity index (χ0) is 14.6. The Morgan fingerprint density at radius 1 is 1.35 bits per heavy atom. The first-order valence-corrected chi connectivity index (χ1v) is 7.64. The highest BCUT2D eigenvalue weighted by atomic mass is 16.5. The van der Waals surface area contributed by atoms with Gasteiger partial charge in [0.25, 0.3) is 0 Å². The summed E-state index contributed by atoms with van der Waals surface area (Å²) in [6.45, 7) is 8.16. The molecule has 0 bridgehead atoms. The van der Waals surface area contributed by atoms with Crippen molar-refractivity contribution < 1.29 is 14.3 Å². The van der Waals surface area contributed by atoms with Crippen molar-refractivity contribution in [1.82, 2.24) is 5.32 Å². The molecule has 1 saturated carbocycles. The molecule has 1 amide bonds. The molecule has 3 aliphatic rings. The predicted octanol–water partition coefficient (Wildman–Crippen LogP) is 0.814. The molecule has 2 aliphatic heterocycles. The summed E-state index contributed by atoms with van der Waals surface area (Å²) < 4.78 is 11.4. The van der Waals surface area contributed by atoms with Crippen LogP contribution in [0.1, 0.15) is 40.0 Å². The van der Waals surface area contributed by atoms with Crippen LogP contribution in [-0.4, -0.2) is 42.9 Å². The Kier molecular flexibility index (Phi) is 3.16. The summed E-state index contributed by atoms with van der Waals surface area (Å²) in [6, 6.07) is 0. The van der Waals surface area contributed by atoms with Crippen molar-refractivity contribution in [2.75, 3.05) is 19.8 Å². The third kappa shape index (κ3) is 1.76. The fourth-order valence-corrected chi connectivity index (χ4v) is 4.24. The molecule has 1 aliphatic carbocycles. The van der Waals surface area contributed by atoms with Gasteiger partial charge in [0.15, 0.2) is 0 Å². The molecule has 4 unspecified atom stereocenters. The standard InChI is InChI=1S/C15H26N2O3/c1-13(2)11-10(5-8-19-11)15(13,16)12(18)17-9-14(3)6-4-7-20-14/h10-11H,4-9,16H2,1-3H3,(H,17,18). The summed E-state index contributed by atoms with van der Waals surface area (Å²) in [4.78, 5) is 12.7. The van der Waals surface area contributed by atoms with Crippen LogP contribution in [0.15, 0.2) is 0 Å². The van der Waals surface area contributed by atoms with Gasteiger partial charge in [0, 0.05) is 31.1 Å². The summed E-state index contributed by atoms with van der Waals surface area (Å²) in [5.74, 6) is 0.0979. The van der Waals surface area contributed by atoms with Crippen molar-refractivity contribution in [3.63, 3.8) is 0 Å². The van der Waals surface area contributed by atoms with Crippen LogP contribution in [0.4, 0.5) is 0 Å². The van der Waals surface area contributed by atoms with Crippen LogP contribution < -0.4 is 11.1 Å². The topological polar surface area (TPSA) is 73.6 Å². The van der Waals surface area contributed by atoms with Gasteiger partial charge in [-0.05, 0) is 26.2 Å². The predicted molar refractivity (Wildman–Crippen MR) is 75.1 cm³/mol. The second-order valence-corrected chi connectivity index (χ2v) is 7.36. The van der Waals surface area contributed by atoms with E-state index in [4.69, 9.17) is 15.2 Å². The molecule has 0 radical (unpaired) electrons. The van der Waals surface area contributed by atoms with E-state index in [0.29, 0.717) is 13.2 Å².